The van der Waals surface area contributed by atoms with E-state index in [1.807, 2.05) is 0 Å². The number of halogens is 2. The van der Waals surface area contributed by atoms with Crippen molar-refractivity contribution in [2.24, 2.45) is 0 Å². The number of rotatable bonds is 8. The third-order valence-electron chi connectivity index (χ3n) is 4.43. The van der Waals surface area contributed by atoms with Gasteiger partial charge in [0.15, 0.2) is 23.1 Å². The molecule has 10 heteroatoms. The second-order valence-electron chi connectivity index (χ2n) is 6.67. The number of hydrogen-bond acceptors (Lipinski definition) is 5. The quantitative estimate of drug-likeness (QED) is 0.529. The number of methoxy groups -OCH3 is 2. The Morgan fingerprint density at radius 1 is 0.844 bits per heavy atom. The molecule has 0 spiro atoms. The predicted molar refractivity (Wildman–Crippen MR) is 115 cm³/mol. The summed E-state index contributed by atoms with van der Waals surface area (Å²) in [5, 5.41) is 2.71. The van der Waals surface area contributed by atoms with Gasteiger partial charge < -0.3 is 14.8 Å². The second-order valence-corrected chi connectivity index (χ2v) is 8.36. The molecule has 3 aromatic rings. The van der Waals surface area contributed by atoms with E-state index in [2.05, 4.69) is 10.0 Å². The minimum atomic E-state index is -4.11. The molecule has 168 valence electrons. The summed E-state index contributed by atoms with van der Waals surface area (Å²) in [6.45, 7) is 0. The lowest BCUT2D eigenvalue weighted by molar-refractivity contribution is -0.115. The lowest BCUT2D eigenvalue weighted by Crippen LogP contribution is -2.15. The molecule has 1 amide bonds. The Bertz CT molecular complexity index is 1230. The van der Waals surface area contributed by atoms with E-state index >= 15 is 0 Å². The van der Waals surface area contributed by atoms with Gasteiger partial charge in [0.25, 0.3) is 10.0 Å². The summed E-state index contributed by atoms with van der Waals surface area (Å²) in [6, 6.07) is 13.3. The van der Waals surface area contributed by atoms with Crippen molar-refractivity contribution in [3.05, 3.63) is 77.9 Å². The monoisotopic (exact) mass is 462 g/mol. The highest BCUT2D eigenvalue weighted by Crippen LogP contribution is 2.28. The Balaban J connectivity index is 1.64. The lowest BCUT2D eigenvalue weighted by Gasteiger charge is -2.11. The molecule has 0 aliphatic rings. The highest BCUT2D eigenvalue weighted by molar-refractivity contribution is 7.92. The third-order valence-corrected chi connectivity index (χ3v) is 5.81. The summed E-state index contributed by atoms with van der Waals surface area (Å²) in [7, 11) is -1.08. The molecule has 0 heterocycles. The van der Waals surface area contributed by atoms with E-state index in [0.29, 0.717) is 23.3 Å². The Morgan fingerprint density at radius 2 is 1.50 bits per heavy atom. The fraction of sp³-hybridized carbons (Fsp3) is 0.136. The van der Waals surface area contributed by atoms with Crippen molar-refractivity contribution < 1.29 is 31.5 Å². The van der Waals surface area contributed by atoms with E-state index in [9.17, 15) is 22.0 Å². The minimum Gasteiger partial charge on any atom is -0.493 e. The van der Waals surface area contributed by atoms with Gasteiger partial charge >= 0.3 is 0 Å². The summed E-state index contributed by atoms with van der Waals surface area (Å²) < 4.78 is 63.7. The Kier molecular flexibility index (Phi) is 6.94. The summed E-state index contributed by atoms with van der Waals surface area (Å²) in [5.74, 6) is -1.63. The van der Waals surface area contributed by atoms with Crippen molar-refractivity contribution in [1.29, 1.82) is 0 Å². The molecule has 3 aromatic carbocycles. The van der Waals surface area contributed by atoms with Crippen molar-refractivity contribution in [3.63, 3.8) is 0 Å². The molecular formula is C22H20F2N2O5S. The van der Waals surface area contributed by atoms with Gasteiger partial charge in [-0.3, -0.25) is 9.52 Å². The molecule has 2 N–H and O–H groups in total. The summed E-state index contributed by atoms with van der Waals surface area (Å²) in [5.41, 5.74) is 1.36. The zero-order valence-electron chi connectivity index (χ0n) is 17.2. The van der Waals surface area contributed by atoms with Crippen molar-refractivity contribution in [2.45, 2.75) is 11.3 Å². The van der Waals surface area contributed by atoms with Crippen molar-refractivity contribution in [3.8, 4) is 11.5 Å². The third kappa shape index (κ3) is 5.52. The first kappa shape index (κ1) is 23.0. The molecule has 32 heavy (non-hydrogen) atoms. The van der Waals surface area contributed by atoms with Crippen molar-refractivity contribution in [1.82, 2.24) is 0 Å². The average Bonchev–Trinajstić information content (AvgIpc) is 2.76. The summed E-state index contributed by atoms with van der Waals surface area (Å²) in [6.07, 6.45) is 0.0882. The van der Waals surface area contributed by atoms with E-state index in [1.165, 1.54) is 38.5 Å². The molecule has 0 aliphatic heterocycles. The van der Waals surface area contributed by atoms with Gasteiger partial charge in [-0.05, 0) is 60.2 Å². The van der Waals surface area contributed by atoms with Gasteiger partial charge in [-0.1, -0.05) is 6.07 Å². The van der Waals surface area contributed by atoms with Crippen molar-refractivity contribution >= 4 is 27.3 Å². The zero-order valence-corrected chi connectivity index (χ0v) is 18.0. The molecular weight excluding hydrogens is 442 g/mol. The van der Waals surface area contributed by atoms with Crippen LogP contribution in [0.5, 0.6) is 11.5 Å². The predicted octanol–water partition coefficient (Wildman–Crippen LogP) is 3.96. The molecule has 0 atom stereocenters. The second kappa shape index (κ2) is 9.65. The number of carbonyl (C=O) groups is 1. The molecule has 0 aliphatic carbocycles. The van der Waals surface area contributed by atoms with Gasteiger partial charge in [0, 0.05) is 11.4 Å². The van der Waals surface area contributed by atoms with Gasteiger partial charge in [-0.2, -0.15) is 0 Å². The topological polar surface area (TPSA) is 93.7 Å². The van der Waals surface area contributed by atoms with Crippen LogP contribution < -0.4 is 19.5 Å². The maximum atomic E-state index is 13.3. The van der Waals surface area contributed by atoms with E-state index < -0.39 is 26.6 Å². The van der Waals surface area contributed by atoms with Crippen LogP contribution >= 0.6 is 0 Å². The van der Waals surface area contributed by atoms with Crippen LogP contribution in [0, 0.1) is 11.6 Å². The number of carbonyl (C=O) groups excluding carboxylic acids is 1. The Morgan fingerprint density at radius 3 is 2.12 bits per heavy atom. The average molecular weight is 462 g/mol. The molecule has 0 bridgehead atoms. The molecule has 0 radical (unpaired) electrons. The lowest BCUT2D eigenvalue weighted by atomic mass is 10.1. The summed E-state index contributed by atoms with van der Waals surface area (Å²) >= 11 is 0. The van der Waals surface area contributed by atoms with Gasteiger partial charge in [-0.15, -0.1) is 0 Å². The number of ether oxygens (including phenoxy) is 2. The van der Waals surface area contributed by atoms with Gasteiger partial charge in [-0.25, -0.2) is 17.2 Å². The van der Waals surface area contributed by atoms with Crippen LogP contribution in [0.3, 0.4) is 0 Å². The van der Waals surface area contributed by atoms with Gasteiger partial charge in [0.2, 0.25) is 5.91 Å². The molecule has 0 aromatic heterocycles. The smallest absolute Gasteiger partial charge is 0.261 e. The molecule has 3 rings (SSSR count). The molecule has 0 fully saturated rings. The van der Waals surface area contributed by atoms with Gasteiger partial charge in [0.05, 0.1) is 25.5 Å². The van der Waals surface area contributed by atoms with Gasteiger partial charge in [0.1, 0.15) is 0 Å². The SMILES string of the molecule is COc1ccc(CC(=O)Nc2ccc(NS(=O)(=O)c3ccc(F)c(F)c3)cc2)cc1OC. The standard InChI is InChI=1S/C22H20F2N2O5S/c1-30-20-10-3-14(11-21(20)31-2)12-22(27)25-15-4-6-16(7-5-15)26-32(28,29)17-8-9-18(23)19(24)13-17/h3-11,13,26H,12H2,1-2H3,(H,25,27). The Labute approximate surface area is 184 Å². The maximum Gasteiger partial charge on any atom is 0.261 e. The van der Waals surface area contributed by atoms with E-state index in [1.54, 1.807) is 18.2 Å². The fourth-order valence-electron chi connectivity index (χ4n) is 2.86. The number of amides is 1. The number of nitrogens with one attached hydrogen (secondary N) is 2. The van der Waals surface area contributed by atoms with E-state index in [0.717, 1.165) is 17.7 Å². The number of anilines is 2. The van der Waals surface area contributed by atoms with Crippen LogP contribution in [0.2, 0.25) is 0 Å². The number of sulfonamides is 1. The first-order valence-electron chi connectivity index (χ1n) is 9.30. The first-order valence-corrected chi connectivity index (χ1v) is 10.8. The van der Waals surface area contributed by atoms with Crippen LogP contribution in [-0.4, -0.2) is 28.5 Å². The van der Waals surface area contributed by atoms with Crippen LogP contribution in [0.25, 0.3) is 0 Å². The fourth-order valence-corrected chi connectivity index (χ4v) is 3.93. The molecule has 0 unspecified atom stereocenters. The highest BCUT2D eigenvalue weighted by atomic mass is 32.2. The van der Waals surface area contributed by atoms with E-state index in [-0.39, 0.29) is 18.0 Å². The van der Waals surface area contributed by atoms with Crippen molar-refractivity contribution in [2.75, 3.05) is 24.3 Å². The number of hydrogen-bond donors (Lipinski definition) is 2. The molecule has 7 nitrogen and oxygen atoms in total. The normalized spacial score (nSPS) is 11.0. The van der Waals surface area contributed by atoms with Crippen LogP contribution in [0.4, 0.5) is 20.2 Å². The van der Waals surface area contributed by atoms with Crippen LogP contribution in [0.15, 0.2) is 65.6 Å². The summed E-state index contributed by atoms with van der Waals surface area (Å²) in [4.78, 5) is 11.9. The Hall–Kier alpha value is -3.66. The maximum absolute atomic E-state index is 13.3. The number of benzene rings is 3. The molecule has 0 saturated heterocycles. The molecule has 0 saturated carbocycles. The van der Waals surface area contributed by atoms with Crippen LogP contribution in [0.1, 0.15) is 5.56 Å². The largest absolute Gasteiger partial charge is 0.493 e. The minimum absolute atomic E-state index is 0.0882. The van der Waals surface area contributed by atoms with E-state index in [4.69, 9.17) is 9.47 Å². The zero-order chi connectivity index (χ0) is 23.3. The highest BCUT2D eigenvalue weighted by Gasteiger charge is 2.17. The van der Waals surface area contributed by atoms with Crippen LogP contribution in [-0.2, 0) is 21.2 Å². The first-order chi connectivity index (χ1) is 15.2.